The standard InChI is InChI=1S/C23H19NO2/c1-15-7-8-19(13-16(15)2)21-11-12-22(26-21)23(25)24-20-10-9-17-5-3-4-6-18(17)14-20/h3-14H,1-2H3,(H,24,25). The molecule has 0 radical (unpaired) electrons. The predicted molar refractivity (Wildman–Crippen MR) is 106 cm³/mol. The van der Waals surface area contributed by atoms with Crippen molar-refractivity contribution in [3.63, 3.8) is 0 Å². The maximum Gasteiger partial charge on any atom is 0.291 e. The highest BCUT2D eigenvalue weighted by atomic mass is 16.3. The average molecular weight is 341 g/mol. The van der Waals surface area contributed by atoms with E-state index in [4.69, 9.17) is 4.42 Å². The summed E-state index contributed by atoms with van der Waals surface area (Å²) in [5.74, 6) is 0.735. The van der Waals surface area contributed by atoms with Gasteiger partial charge in [-0.2, -0.15) is 0 Å². The van der Waals surface area contributed by atoms with Crippen LogP contribution in [0.3, 0.4) is 0 Å². The topological polar surface area (TPSA) is 42.2 Å². The Morgan fingerprint density at radius 2 is 1.62 bits per heavy atom. The smallest absolute Gasteiger partial charge is 0.291 e. The summed E-state index contributed by atoms with van der Waals surface area (Å²) in [6, 6.07) is 23.6. The summed E-state index contributed by atoms with van der Waals surface area (Å²) in [4.78, 5) is 12.5. The molecule has 26 heavy (non-hydrogen) atoms. The molecule has 0 fully saturated rings. The van der Waals surface area contributed by atoms with Gasteiger partial charge in [0, 0.05) is 11.3 Å². The van der Waals surface area contributed by atoms with Crippen LogP contribution in [0, 0.1) is 13.8 Å². The highest BCUT2D eigenvalue weighted by Gasteiger charge is 2.13. The van der Waals surface area contributed by atoms with Gasteiger partial charge in [-0.1, -0.05) is 42.5 Å². The minimum absolute atomic E-state index is 0.254. The van der Waals surface area contributed by atoms with Crippen LogP contribution in [0.1, 0.15) is 21.7 Å². The van der Waals surface area contributed by atoms with Crippen molar-refractivity contribution in [3.05, 3.63) is 89.7 Å². The molecule has 3 heteroatoms. The molecule has 3 nitrogen and oxygen atoms in total. The molecule has 128 valence electrons. The monoisotopic (exact) mass is 341 g/mol. The lowest BCUT2D eigenvalue weighted by Crippen LogP contribution is -2.10. The summed E-state index contributed by atoms with van der Waals surface area (Å²) in [6.45, 7) is 4.14. The second-order valence-electron chi connectivity index (χ2n) is 6.48. The Balaban J connectivity index is 1.56. The lowest BCUT2D eigenvalue weighted by molar-refractivity contribution is 0.0997. The van der Waals surface area contributed by atoms with Gasteiger partial charge in [0.15, 0.2) is 5.76 Å². The molecule has 0 spiro atoms. The SMILES string of the molecule is Cc1ccc(-c2ccc(C(=O)Nc3ccc4ccccc4c3)o2)cc1C. The summed E-state index contributed by atoms with van der Waals surface area (Å²) in [7, 11) is 0. The van der Waals surface area contributed by atoms with Crippen LogP contribution in [0.25, 0.3) is 22.1 Å². The maximum absolute atomic E-state index is 12.5. The third-order valence-corrected chi connectivity index (χ3v) is 4.63. The Bertz CT molecular complexity index is 1110. The fourth-order valence-electron chi connectivity index (χ4n) is 2.97. The van der Waals surface area contributed by atoms with Gasteiger partial charge in [-0.3, -0.25) is 4.79 Å². The predicted octanol–water partition coefficient (Wildman–Crippen LogP) is 5.97. The zero-order valence-electron chi connectivity index (χ0n) is 14.7. The van der Waals surface area contributed by atoms with E-state index in [-0.39, 0.29) is 5.91 Å². The molecule has 0 atom stereocenters. The molecule has 0 saturated carbocycles. The minimum Gasteiger partial charge on any atom is -0.451 e. The summed E-state index contributed by atoms with van der Waals surface area (Å²) in [6.07, 6.45) is 0. The van der Waals surface area contributed by atoms with Gasteiger partial charge in [-0.25, -0.2) is 0 Å². The van der Waals surface area contributed by atoms with Crippen LogP contribution in [-0.4, -0.2) is 5.91 Å². The fourth-order valence-corrected chi connectivity index (χ4v) is 2.97. The zero-order chi connectivity index (χ0) is 18.1. The first-order valence-electron chi connectivity index (χ1n) is 8.58. The average Bonchev–Trinajstić information content (AvgIpc) is 3.14. The van der Waals surface area contributed by atoms with Gasteiger partial charge < -0.3 is 9.73 Å². The highest BCUT2D eigenvalue weighted by Crippen LogP contribution is 2.25. The Hall–Kier alpha value is -3.33. The summed E-state index contributed by atoms with van der Waals surface area (Å²) >= 11 is 0. The van der Waals surface area contributed by atoms with Crippen LogP contribution in [-0.2, 0) is 0 Å². The highest BCUT2D eigenvalue weighted by molar-refractivity contribution is 6.03. The van der Waals surface area contributed by atoms with Crippen molar-refractivity contribution in [3.8, 4) is 11.3 Å². The molecule has 0 unspecified atom stereocenters. The van der Waals surface area contributed by atoms with Gasteiger partial charge >= 0.3 is 0 Å². The van der Waals surface area contributed by atoms with Gasteiger partial charge in [-0.05, 0) is 66.1 Å². The van der Waals surface area contributed by atoms with Gasteiger partial charge in [0.25, 0.3) is 5.91 Å². The number of hydrogen-bond acceptors (Lipinski definition) is 2. The number of amides is 1. The van der Waals surface area contributed by atoms with Gasteiger partial charge in [0.05, 0.1) is 0 Å². The number of hydrogen-bond donors (Lipinski definition) is 1. The van der Waals surface area contributed by atoms with E-state index in [0.717, 1.165) is 22.0 Å². The van der Waals surface area contributed by atoms with Crippen molar-refractivity contribution < 1.29 is 9.21 Å². The summed E-state index contributed by atoms with van der Waals surface area (Å²) in [5.41, 5.74) is 4.14. The van der Waals surface area contributed by atoms with Crippen LogP contribution in [0.4, 0.5) is 5.69 Å². The van der Waals surface area contributed by atoms with E-state index in [0.29, 0.717) is 11.5 Å². The second-order valence-corrected chi connectivity index (χ2v) is 6.48. The molecular weight excluding hydrogens is 322 g/mol. The van der Waals surface area contributed by atoms with E-state index in [1.807, 2.05) is 54.6 Å². The second kappa shape index (κ2) is 6.52. The van der Waals surface area contributed by atoms with Crippen molar-refractivity contribution in [2.45, 2.75) is 13.8 Å². The first kappa shape index (κ1) is 16.2. The van der Waals surface area contributed by atoms with Crippen LogP contribution >= 0.6 is 0 Å². The summed E-state index contributed by atoms with van der Waals surface area (Å²) < 4.78 is 5.77. The Morgan fingerprint density at radius 1 is 0.808 bits per heavy atom. The van der Waals surface area contributed by atoms with E-state index in [9.17, 15) is 4.79 Å². The molecule has 1 amide bonds. The number of benzene rings is 3. The number of anilines is 1. The third kappa shape index (κ3) is 3.11. The van der Waals surface area contributed by atoms with Crippen molar-refractivity contribution >= 4 is 22.4 Å². The van der Waals surface area contributed by atoms with E-state index < -0.39 is 0 Å². The molecule has 0 bridgehead atoms. The lowest BCUT2D eigenvalue weighted by Gasteiger charge is -2.05. The molecule has 4 rings (SSSR count). The molecule has 0 aliphatic heterocycles. The number of carbonyl (C=O) groups is 1. The van der Waals surface area contributed by atoms with Gasteiger partial charge in [0.1, 0.15) is 5.76 Å². The Labute approximate surface area is 152 Å². The minimum atomic E-state index is -0.254. The van der Waals surface area contributed by atoms with Crippen molar-refractivity contribution in [1.82, 2.24) is 0 Å². The molecule has 3 aromatic carbocycles. The first-order chi connectivity index (χ1) is 12.6. The van der Waals surface area contributed by atoms with E-state index >= 15 is 0 Å². The molecule has 0 saturated heterocycles. The molecule has 1 N–H and O–H groups in total. The quantitative estimate of drug-likeness (QED) is 0.499. The normalized spacial score (nSPS) is 10.8. The molecule has 0 aliphatic carbocycles. The van der Waals surface area contributed by atoms with Crippen molar-refractivity contribution in [2.75, 3.05) is 5.32 Å². The largest absolute Gasteiger partial charge is 0.451 e. The number of nitrogens with one attached hydrogen (secondary N) is 1. The number of rotatable bonds is 3. The third-order valence-electron chi connectivity index (χ3n) is 4.63. The van der Waals surface area contributed by atoms with E-state index in [1.54, 1.807) is 6.07 Å². The van der Waals surface area contributed by atoms with Crippen LogP contribution < -0.4 is 5.32 Å². The van der Waals surface area contributed by atoms with Crippen LogP contribution in [0.15, 0.2) is 77.2 Å². The number of carbonyl (C=O) groups excluding carboxylic acids is 1. The first-order valence-corrected chi connectivity index (χ1v) is 8.58. The Kier molecular flexibility index (Phi) is 4.05. The maximum atomic E-state index is 12.5. The fraction of sp³-hybridized carbons (Fsp3) is 0.0870. The molecule has 4 aromatic rings. The van der Waals surface area contributed by atoms with E-state index in [1.165, 1.54) is 11.1 Å². The number of fused-ring (bicyclic) bond motifs is 1. The van der Waals surface area contributed by atoms with Gasteiger partial charge in [0.2, 0.25) is 0 Å². The molecule has 0 aliphatic rings. The Morgan fingerprint density at radius 3 is 2.42 bits per heavy atom. The van der Waals surface area contributed by atoms with E-state index in [2.05, 4.69) is 31.3 Å². The van der Waals surface area contributed by atoms with Crippen molar-refractivity contribution in [1.29, 1.82) is 0 Å². The number of furan rings is 1. The van der Waals surface area contributed by atoms with Gasteiger partial charge in [-0.15, -0.1) is 0 Å². The number of aryl methyl sites for hydroxylation is 2. The van der Waals surface area contributed by atoms with Crippen molar-refractivity contribution in [2.24, 2.45) is 0 Å². The zero-order valence-corrected chi connectivity index (χ0v) is 14.7. The van der Waals surface area contributed by atoms with Crippen LogP contribution in [0.5, 0.6) is 0 Å². The molecule has 1 heterocycles. The lowest BCUT2D eigenvalue weighted by atomic mass is 10.1. The molecular formula is C23H19NO2. The summed E-state index contributed by atoms with van der Waals surface area (Å²) in [5, 5.41) is 5.13. The van der Waals surface area contributed by atoms with Crippen LogP contribution in [0.2, 0.25) is 0 Å². The molecule has 1 aromatic heterocycles.